The molecule has 1 aromatic heterocycles. The number of nitrogens with zero attached hydrogens (tertiary/aromatic N) is 4. The van der Waals surface area contributed by atoms with E-state index in [1.54, 1.807) is 20.9 Å². The van der Waals surface area contributed by atoms with Crippen LogP contribution in [0.1, 0.15) is 41.5 Å². The molecule has 120 valence electrons. The van der Waals surface area contributed by atoms with Crippen molar-refractivity contribution in [2.45, 2.75) is 52.7 Å². The summed E-state index contributed by atoms with van der Waals surface area (Å²) in [6.45, 7) is 13.1. The minimum absolute atomic E-state index is 0.448. The average molecular weight is 296 g/mol. The van der Waals surface area contributed by atoms with Gasteiger partial charge < -0.3 is 20.6 Å². The van der Waals surface area contributed by atoms with E-state index in [2.05, 4.69) is 39.4 Å². The van der Waals surface area contributed by atoms with Crippen LogP contribution < -0.4 is 15.5 Å². The molecule has 21 heavy (non-hydrogen) atoms. The van der Waals surface area contributed by atoms with E-state index in [9.17, 15) is 5.11 Å². The number of anilines is 3. The molecular formula is C14H28N6O. The Morgan fingerprint density at radius 3 is 1.95 bits per heavy atom. The van der Waals surface area contributed by atoms with Crippen molar-refractivity contribution in [2.75, 3.05) is 35.7 Å². The molecule has 1 aromatic rings. The Morgan fingerprint density at radius 2 is 1.52 bits per heavy atom. The highest BCUT2D eigenvalue weighted by molar-refractivity contribution is 5.44. The molecule has 0 aliphatic heterocycles. The second kappa shape index (κ2) is 6.43. The van der Waals surface area contributed by atoms with Gasteiger partial charge in [-0.3, -0.25) is 0 Å². The standard InChI is InChI=1S/C14H28N6O/c1-8-20(9-2)12-17-10(15-7)16-11(18-12)19-13(3,4)14(5,6)21/h21H,8-9H2,1-7H3,(H2,15,16,17,18,19). The van der Waals surface area contributed by atoms with Gasteiger partial charge in [0.15, 0.2) is 0 Å². The minimum atomic E-state index is -0.922. The summed E-state index contributed by atoms with van der Waals surface area (Å²) in [7, 11) is 1.77. The smallest absolute Gasteiger partial charge is 0.231 e. The number of aromatic nitrogens is 3. The predicted molar refractivity (Wildman–Crippen MR) is 86.9 cm³/mol. The zero-order valence-electron chi connectivity index (χ0n) is 14.2. The predicted octanol–water partition coefficient (Wildman–Crippen LogP) is 1.72. The molecule has 0 atom stereocenters. The van der Waals surface area contributed by atoms with Crippen LogP contribution in [0.3, 0.4) is 0 Å². The Kier molecular flexibility index (Phi) is 5.33. The van der Waals surface area contributed by atoms with Gasteiger partial charge in [-0.25, -0.2) is 0 Å². The van der Waals surface area contributed by atoms with E-state index in [0.717, 1.165) is 13.1 Å². The molecule has 1 heterocycles. The lowest BCUT2D eigenvalue weighted by Gasteiger charge is -2.38. The molecule has 0 aromatic carbocycles. The Hall–Kier alpha value is -1.63. The summed E-state index contributed by atoms with van der Waals surface area (Å²) in [5, 5.41) is 16.4. The largest absolute Gasteiger partial charge is 0.388 e. The molecule has 0 fully saturated rings. The molecule has 0 spiro atoms. The average Bonchev–Trinajstić information content (AvgIpc) is 2.38. The van der Waals surface area contributed by atoms with Crippen LogP contribution in [0.2, 0.25) is 0 Å². The van der Waals surface area contributed by atoms with Crippen molar-refractivity contribution in [3.05, 3.63) is 0 Å². The van der Waals surface area contributed by atoms with Crippen LogP contribution in [-0.2, 0) is 0 Å². The van der Waals surface area contributed by atoms with E-state index < -0.39 is 11.1 Å². The lowest BCUT2D eigenvalue weighted by Crippen LogP contribution is -2.51. The Labute approximate surface area is 127 Å². The van der Waals surface area contributed by atoms with E-state index in [0.29, 0.717) is 17.8 Å². The Balaban J connectivity index is 3.16. The quantitative estimate of drug-likeness (QED) is 0.706. The highest BCUT2D eigenvalue weighted by Crippen LogP contribution is 2.25. The summed E-state index contributed by atoms with van der Waals surface area (Å²) >= 11 is 0. The number of hydrogen-bond acceptors (Lipinski definition) is 7. The van der Waals surface area contributed by atoms with Crippen molar-refractivity contribution in [3.8, 4) is 0 Å². The fraction of sp³-hybridized carbons (Fsp3) is 0.786. The molecule has 1 rings (SSSR count). The first-order valence-electron chi connectivity index (χ1n) is 7.34. The maximum atomic E-state index is 10.2. The Morgan fingerprint density at radius 1 is 1.00 bits per heavy atom. The van der Waals surface area contributed by atoms with Gasteiger partial charge >= 0.3 is 0 Å². The van der Waals surface area contributed by atoms with Crippen molar-refractivity contribution in [2.24, 2.45) is 0 Å². The van der Waals surface area contributed by atoms with E-state index in [-0.39, 0.29) is 0 Å². The molecule has 0 radical (unpaired) electrons. The lowest BCUT2D eigenvalue weighted by atomic mass is 9.86. The van der Waals surface area contributed by atoms with Crippen LogP contribution in [0.15, 0.2) is 0 Å². The third kappa shape index (κ3) is 4.17. The third-order valence-corrected chi connectivity index (χ3v) is 3.85. The summed E-state index contributed by atoms with van der Waals surface area (Å²) in [5.41, 5.74) is -1.51. The van der Waals surface area contributed by atoms with E-state index in [4.69, 9.17) is 0 Å². The number of hydrogen-bond donors (Lipinski definition) is 3. The zero-order chi connectivity index (χ0) is 16.3. The van der Waals surface area contributed by atoms with Gasteiger partial charge in [-0.1, -0.05) is 0 Å². The molecule has 0 unspecified atom stereocenters. The summed E-state index contributed by atoms with van der Waals surface area (Å²) in [6, 6.07) is 0. The lowest BCUT2D eigenvalue weighted by molar-refractivity contribution is 0.0237. The maximum absolute atomic E-state index is 10.2. The highest BCUT2D eigenvalue weighted by atomic mass is 16.3. The summed E-state index contributed by atoms with van der Waals surface area (Å²) in [4.78, 5) is 15.2. The topological polar surface area (TPSA) is 86.2 Å². The molecule has 3 N–H and O–H groups in total. The SMILES string of the molecule is CCN(CC)c1nc(NC)nc(NC(C)(C)C(C)(C)O)n1. The van der Waals surface area contributed by atoms with Gasteiger partial charge in [0.1, 0.15) is 0 Å². The first-order chi connectivity index (χ1) is 9.64. The highest BCUT2D eigenvalue weighted by Gasteiger charge is 2.35. The van der Waals surface area contributed by atoms with Crippen molar-refractivity contribution in [1.82, 2.24) is 15.0 Å². The van der Waals surface area contributed by atoms with Gasteiger partial charge in [0.2, 0.25) is 17.8 Å². The Bertz CT molecular complexity index is 465. The van der Waals surface area contributed by atoms with E-state index in [1.165, 1.54) is 0 Å². The van der Waals surface area contributed by atoms with Crippen LogP contribution >= 0.6 is 0 Å². The summed E-state index contributed by atoms with van der Waals surface area (Å²) in [6.07, 6.45) is 0. The fourth-order valence-corrected chi connectivity index (χ4v) is 1.61. The van der Waals surface area contributed by atoms with Gasteiger partial charge in [-0.05, 0) is 41.5 Å². The molecule has 0 aliphatic carbocycles. The molecule has 0 saturated heterocycles. The second-order valence-corrected chi connectivity index (χ2v) is 6.01. The normalized spacial score (nSPS) is 12.2. The molecular weight excluding hydrogens is 268 g/mol. The monoisotopic (exact) mass is 296 g/mol. The van der Waals surface area contributed by atoms with Crippen LogP contribution in [0.4, 0.5) is 17.8 Å². The molecule has 7 nitrogen and oxygen atoms in total. The van der Waals surface area contributed by atoms with Crippen molar-refractivity contribution >= 4 is 17.8 Å². The molecule has 0 bridgehead atoms. The molecule has 0 saturated carbocycles. The fourth-order valence-electron chi connectivity index (χ4n) is 1.61. The van der Waals surface area contributed by atoms with E-state index >= 15 is 0 Å². The van der Waals surface area contributed by atoms with Crippen LogP contribution in [0.25, 0.3) is 0 Å². The van der Waals surface area contributed by atoms with Crippen LogP contribution in [0.5, 0.6) is 0 Å². The van der Waals surface area contributed by atoms with Crippen LogP contribution in [-0.4, -0.2) is 51.3 Å². The van der Waals surface area contributed by atoms with Gasteiger partial charge in [-0.15, -0.1) is 0 Å². The number of nitrogens with one attached hydrogen (secondary N) is 2. The van der Waals surface area contributed by atoms with Gasteiger partial charge in [0.25, 0.3) is 0 Å². The molecule has 0 amide bonds. The second-order valence-electron chi connectivity index (χ2n) is 6.01. The number of rotatable bonds is 7. The first-order valence-corrected chi connectivity index (χ1v) is 7.34. The third-order valence-electron chi connectivity index (χ3n) is 3.85. The van der Waals surface area contributed by atoms with Crippen molar-refractivity contribution in [1.29, 1.82) is 0 Å². The summed E-state index contributed by atoms with van der Waals surface area (Å²) in [5.74, 6) is 1.57. The first kappa shape index (κ1) is 17.4. The summed E-state index contributed by atoms with van der Waals surface area (Å²) < 4.78 is 0. The van der Waals surface area contributed by atoms with Gasteiger partial charge in [0.05, 0.1) is 11.1 Å². The molecule has 7 heteroatoms. The molecule has 0 aliphatic rings. The maximum Gasteiger partial charge on any atom is 0.231 e. The number of aliphatic hydroxyl groups is 1. The minimum Gasteiger partial charge on any atom is -0.388 e. The van der Waals surface area contributed by atoms with Crippen molar-refractivity contribution < 1.29 is 5.11 Å². The van der Waals surface area contributed by atoms with Crippen molar-refractivity contribution in [3.63, 3.8) is 0 Å². The van der Waals surface area contributed by atoms with Crippen LogP contribution in [0, 0.1) is 0 Å². The zero-order valence-corrected chi connectivity index (χ0v) is 14.2. The van der Waals surface area contributed by atoms with Gasteiger partial charge in [0, 0.05) is 20.1 Å². The van der Waals surface area contributed by atoms with E-state index in [1.807, 2.05) is 18.7 Å². The van der Waals surface area contributed by atoms with Gasteiger partial charge in [-0.2, -0.15) is 15.0 Å².